The molecule has 154 valence electrons. The first kappa shape index (κ1) is 19.6. The van der Waals surface area contributed by atoms with Crippen LogP contribution in [0.25, 0.3) is 0 Å². The van der Waals surface area contributed by atoms with Crippen LogP contribution in [0.5, 0.6) is 0 Å². The van der Waals surface area contributed by atoms with Gasteiger partial charge in [0.15, 0.2) is 0 Å². The van der Waals surface area contributed by atoms with Gasteiger partial charge in [-0.1, -0.05) is 12.8 Å². The topological polar surface area (TPSA) is 87.7 Å². The van der Waals surface area contributed by atoms with Crippen molar-refractivity contribution in [1.29, 1.82) is 0 Å². The number of fused-ring (bicyclic) bond motifs is 1. The number of rotatable bonds is 4. The highest BCUT2D eigenvalue weighted by Gasteiger charge is 2.40. The van der Waals surface area contributed by atoms with E-state index in [-0.39, 0.29) is 23.2 Å². The summed E-state index contributed by atoms with van der Waals surface area (Å²) in [6, 6.07) is 0.533. The molecular formula is C19H33N3O4S. The van der Waals surface area contributed by atoms with Crippen LogP contribution in [0.15, 0.2) is 0 Å². The monoisotopic (exact) mass is 399 g/mol. The van der Waals surface area contributed by atoms with Gasteiger partial charge in [0.25, 0.3) is 0 Å². The number of amides is 1. The van der Waals surface area contributed by atoms with Gasteiger partial charge in [-0.15, -0.1) is 0 Å². The van der Waals surface area contributed by atoms with Crippen LogP contribution in [0, 0.1) is 5.92 Å². The van der Waals surface area contributed by atoms with Crippen molar-refractivity contribution in [2.24, 2.45) is 5.92 Å². The molecule has 0 spiro atoms. The van der Waals surface area contributed by atoms with Crippen LogP contribution in [-0.4, -0.2) is 68.3 Å². The standard InChI is InChI=1S/C19H33N3O4S/c23-19(18-13-14-3-1-2-4-17(14)21-18)20-15-5-9-22(10-6-15)27(24,25)16-7-11-26-12-8-16/h14-18,21H,1-13H2,(H,20,23). The number of piperidine rings is 1. The highest BCUT2D eigenvalue weighted by molar-refractivity contribution is 7.89. The van der Waals surface area contributed by atoms with Crippen molar-refractivity contribution < 1.29 is 17.9 Å². The van der Waals surface area contributed by atoms with Crippen molar-refractivity contribution in [1.82, 2.24) is 14.9 Å². The van der Waals surface area contributed by atoms with Crippen LogP contribution >= 0.6 is 0 Å². The average molecular weight is 400 g/mol. The fourth-order valence-electron chi connectivity index (χ4n) is 5.26. The third-order valence-corrected chi connectivity index (χ3v) is 9.33. The van der Waals surface area contributed by atoms with Gasteiger partial charge >= 0.3 is 0 Å². The summed E-state index contributed by atoms with van der Waals surface area (Å²) in [6.45, 7) is 2.08. The van der Waals surface area contributed by atoms with Crippen LogP contribution in [0.4, 0.5) is 0 Å². The lowest BCUT2D eigenvalue weighted by Crippen LogP contribution is -2.52. The van der Waals surface area contributed by atoms with Gasteiger partial charge in [-0.05, 0) is 50.9 Å². The number of sulfonamides is 1. The molecule has 3 saturated heterocycles. The van der Waals surface area contributed by atoms with Gasteiger partial charge in [-0.3, -0.25) is 4.79 Å². The maximum Gasteiger partial charge on any atom is 0.237 e. The zero-order chi connectivity index (χ0) is 18.9. The van der Waals surface area contributed by atoms with Crippen molar-refractivity contribution in [3.8, 4) is 0 Å². The number of nitrogens with one attached hydrogen (secondary N) is 2. The minimum atomic E-state index is -3.24. The fourth-order valence-corrected chi connectivity index (χ4v) is 7.19. The summed E-state index contributed by atoms with van der Waals surface area (Å²) >= 11 is 0. The summed E-state index contributed by atoms with van der Waals surface area (Å²) in [5, 5.41) is 6.40. The Hall–Kier alpha value is -0.700. The molecule has 3 heterocycles. The molecular weight excluding hydrogens is 366 g/mol. The largest absolute Gasteiger partial charge is 0.381 e. The van der Waals surface area contributed by atoms with Crippen molar-refractivity contribution in [2.75, 3.05) is 26.3 Å². The lowest BCUT2D eigenvalue weighted by Gasteiger charge is -2.35. The summed E-state index contributed by atoms with van der Waals surface area (Å²) < 4.78 is 32.5. The Morgan fingerprint density at radius 2 is 1.70 bits per heavy atom. The van der Waals surface area contributed by atoms with E-state index in [2.05, 4.69) is 10.6 Å². The lowest BCUT2D eigenvalue weighted by atomic mass is 9.85. The highest BCUT2D eigenvalue weighted by atomic mass is 32.2. The van der Waals surface area contributed by atoms with Gasteiger partial charge in [0, 0.05) is 38.4 Å². The molecule has 4 rings (SSSR count). The molecule has 3 atom stereocenters. The molecule has 27 heavy (non-hydrogen) atoms. The van der Waals surface area contributed by atoms with Crippen molar-refractivity contribution in [2.45, 2.75) is 81.2 Å². The second-order valence-electron chi connectivity index (χ2n) is 8.64. The fraction of sp³-hybridized carbons (Fsp3) is 0.947. The van der Waals surface area contributed by atoms with Gasteiger partial charge in [0.2, 0.25) is 15.9 Å². The maximum absolute atomic E-state index is 12.8. The minimum Gasteiger partial charge on any atom is -0.381 e. The minimum absolute atomic E-state index is 0.0675. The Bertz CT molecular complexity index is 613. The van der Waals surface area contributed by atoms with Crippen LogP contribution < -0.4 is 10.6 Å². The Labute approximate surface area is 162 Å². The third-order valence-electron chi connectivity index (χ3n) is 6.93. The van der Waals surface area contributed by atoms with Crippen LogP contribution in [0.1, 0.15) is 57.8 Å². The molecule has 1 saturated carbocycles. The van der Waals surface area contributed by atoms with Gasteiger partial charge < -0.3 is 15.4 Å². The first-order valence-electron chi connectivity index (χ1n) is 10.7. The third kappa shape index (κ3) is 4.33. The maximum atomic E-state index is 12.8. The summed E-state index contributed by atoms with van der Waals surface area (Å²) in [6.07, 6.45) is 8.53. The number of hydrogen-bond acceptors (Lipinski definition) is 5. The van der Waals surface area contributed by atoms with Gasteiger partial charge in [0.1, 0.15) is 0 Å². The molecule has 1 aliphatic carbocycles. The first-order valence-corrected chi connectivity index (χ1v) is 12.2. The molecule has 3 aliphatic heterocycles. The van der Waals surface area contributed by atoms with E-state index in [4.69, 9.17) is 4.74 Å². The normalized spacial score (nSPS) is 34.3. The zero-order valence-corrected chi connectivity index (χ0v) is 16.9. The molecule has 4 fully saturated rings. The van der Waals surface area contributed by atoms with E-state index in [0.717, 1.165) is 6.42 Å². The lowest BCUT2D eigenvalue weighted by molar-refractivity contribution is -0.123. The van der Waals surface area contributed by atoms with Gasteiger partial charge in [0.05, 0.1) is 11.3 Å². The summed E-state index contributed by atoms with van der Waals surface area (Å²) in [5.74, 6) is 0.760. The van der Waals surface area contributed by atoms with E-state index < -0.39 is 10.0 Å². The average Bonchev–Trinajstić information content (AvgIpc) is 3.13. The molecule has 0 aromatic carbocycles. The molecule has 4 aliphatic rings. The Morgan fingerprint density at radius 3 is 2.41 bits per heavy atom. The first-order chi connectivity index (χ1) is 13.0. The zero-order valence-electron chi connectivity index (χ0n) is 16.1. The van der Waals surface area contributed by atoms with Gasteiger partial charge in [-0.2, -0.15) is 0 Å². The molecule has 3 unspecified atom stereocenters. The second-order valence-corrected chi connectivity index (χ2v) is 10.9. The quantitative estimate of drug-likeness (QED) is 0.736. The van der Waals surface area contributed by atoms with E-state index in [1.165, 1.54) is 25.7 Å². The van der Waals surface area contributed by atoms with Crippen molar-refractivity contribution >= 4 is 15.9 Å². The molecule has 8 heteroatoms. The SMILES string of the molecule is O=C(NC1CCN(S(=O)(=O)C2CCOCC2)CC1)C1CC2CCCCC2N1. The molecule has 0 bridgehead atoms. The van der Waals surface area contributed by atoms with Crippen LogP contribution in [-0.2, 0) is 19.6 Å². The summed E-state index contributed by atoms with van der Waals surface area (Å²) in [7, 11) is -3.24. The smallest absolute Gasteiger partial charge is 0.237 e. The molecule has 1 amide bonds. The predicted molar refractivity (Wildman–Crippen MR) is 103 cm³/mol. The van der Waals surface area contributed by atoms with E-state index in [0.29, 0.717) is 63.9 Å². The number of carbonyl (C=O) groups is 1. The van der Waals surface area contributed by atoms with Crippen LogP contribution in [0.3, 0.4) is 0 Å². The number of hydrogen-bond donors (Lipinski definition) is 2. The van der Waals surface area contributed by atoms with Crippen molar-refractivity contribution in [3.63, 3.8) is 0 Å². The number of carbonyl (C=O) groups excluding carboxylic acids is 1. The molecule has 7 nitrogen and oxygen atoms in total. The predicted octanol–water partition coefficient (Wildman–Crippen LogP) is 0.997. The Kier molecular flexibility index (Phi) is 6.06. The highest BCUT2D eigenvalue weighted by Crippen LogP contribution is 2.33. The second kappa shape index (κ2) is 8.35. The number of ether oxygens (including phenoxy) is 1. The van der Waals surface area contributed by atoms with E-state index >= 15 is 0 Å². The molecule has 0 aromatic rings. The summed E-state index contributed by atoms with van der Waals surface area (Å²) in [4.78, 5) is 12.7. The van der Waals surface area contributed by atoms with Gasteiger partial charge in [-0.25, -0.2) is 12.7 Å². The summed E-state index contributed by atoms with van der Waals surface area (Å²) in [5.41, 5.74) is 0. The van der Waals surface area contributed by atoms with E-state index in [1.807, 2.05) is 0 Å². The van der Waals surface area contributed by atoms with Crippen LogP contribution in [0.2, 0.25) is 0 Å². The molecule has 2 N–H and O–H groups in total. The number of nitrogens with zero attached hydrogens (tertiary/aromatic N) is 1. The van der Waals surface area contributed by atoms with E-state index in [9.17, 15) is 13.2 Å². The van der Waals surface area contributed by atoms with Crippen molar-refractivity contribution in [3.05, 3.63) is 0 Å². The Balaban J connectivity index is 1.25. The molecule has 0 aromatic heterocycles. The van der Waals surface area contributed by atoms with E-state index in [1.54, 1.807) is 4.31 Å². The molecule has 0 radical (unpaired) electrons. The Morgan fingerprint density at radius 1 is 1.00 bits per heavy atom.